The standard InChI is InChI=1S/C19H25N5OS/c20-24-17(14-9-5-2-6-10-14)22-23-19(24)26-16(13-7-3-1-4-8-13)18(25)21-15-11-12-15/h1,3-4,7-8,14-16H,2,5-6,9-12,20H2,(H,21,25)/t16-/m1/s1. The second-order valence-corrected chi connectivity index (χ2v) is 8.31. The first-order valence-electron chi connectivity index (χ1n) is 9.44. The molecule has 26 heavy (non-hydrogen) atoms. The van der Waals surface area contributed by atoms with Gasteiger partial charge in [0.1, 0.15) is 5.25 Å². The number of hydrogen-bond donors (Lipinski definition) is 2. The highest BCUT2D eigenvalue weighted by atomic mass is 32.2. The Balaban J connectivity index is 1.55. The Hall–Kier alpha value is -2.02. The Morgan fingerprint density at radius 1 is 1.12 bits per heavy atom. The number of carbonyl (C=O) groups excluding carboxylic acids is 1. The minimum Gasteiger partial charge on any atom is -0.352 e. The molecule has 1 aromatic heterocycles. The molecule has 2 fully saturated rings. The molecule has 6 nitrogen and oxygen atoms in total. The van der Waals surface area contributed by atoms with Crippen LogP contribution in [0.4, 0.5) is 0 Å². The molecule has 2 aromatic rings. The van der Waals surface area contributed by atoms with Gasteiger partial charge in [-0.2, -0.15) is 0 Å². The Labute approximate surface area is 157 Å². The number of aromatic nitrogens is 3. The molecule has 2 aliphatic carbocycles. The number of carbonyl (C=O) groups is 1. The summed E-state index contributed by atoms with van der Waals surface area (Å²) in [6.45, 7) is 0. The van der Waals surface area contributed by atoms with Gasteiger partial charge in [0.25, 0.3) is 0 Å². The molecule has 2 aliphatic rings. The van der Waals surface area contributed by atoms with Crippen molar-refractivity contribution in [3.05, 3.63) is 41.7 Å². The number of benzene rings is 1. The summed E-state index contributed by atoms with van der Waals surface area (Å²) >= 11 is 1.38. The van der Waals surface area contributed by atoms with Crippen LogP contribution in [0, 0.1) is 0 Å². The number of nitrogens with zero attached hydrogens (tertiary/aromatic N) is 3. The van der Waals surface area contributed by atoms with Crippen LogP contribution in [0.3, 0.4) is 0 Å². The maximum absolute atomic E-state index is 12.8. The van der Waals surface area contributed by atoms with Crippen LogP contribution in [0.1, 0.15) is 67.5 Å². The predicted molar refractivity (Wildman–Crippen MR) is 102 cm³/mol. The molecule has 138 valence electrons. The van der Waals surface area contributed by atoms with Crippen molar-refractivity contribution in [3.8, 4) is 0 Å². The van der Waals surface area contributed by atoms with Gasteiger partial charge in [-0.25, -0.2) is 4.68 Å². The maximum Gasteiger partial charge on any atom is 0.238 e. The highest BCUT2D eigenvalue weighted by Crippen LogP contribution is 2.37. The van der Waals surface area contributed by atoms with E-state index in [2.05, 4.69) is 15.5 Å². The number of nitrogens with two attached hydrogens (primary N) is 1. The Morgan fingerprint density at radius 3 is 2.54 bits per heavy atom. The van der Waals surface area contributed by atoms with Crippen molar-refractivity contribution in [1.82, 2.24) is 20.2 Å². The maximum atomic E-state index is 12.8. The molecule has 0 spiro atoms. The summed E-state index contributed by atoms with van der Waals surface area (Å²) in [6, 6.07) is 10.1. The Bertz CT molecular complexity index is 753. The van der Waals surface area contributed by atoms with Gasteiger partial charge in [0.2, 0.25) is 11.1 Å². The molecule has 4 rings (SSSR count). The van der Waals surface area contributed by atoms with Crippen molar-refractivity contribution < 1.29 is 4.79 Å². The van der Waals surface area contributed by atoms with Crippen LogP contribution in [0.15, 0.2) is 35.5 Å². The zero-order valence-corrected chi connectivity index (χ0v) is 15.6. The van der Waals surface area contributed by atoms with Crippen LogP contribution >= 0.6 is 11.8 Å². The summed E-state index contributed by atoms with van der Waals surface area (Å²) in [5, 5.41) is 12.0. The molecule has 1 atom stereocenters. The van der Waals surface area contributed by atoms with Crippen LogP contribution in [-0.2, 0) is 4.79 Å². The van der Waals surface area contributed by atoms with Crippen LogP contribution in [0.5, 0.6) is 0 Å². The molecule has 0 unspecified atom stereocenters. The van der Waals surface area contributed by atoms with Crippen LogP contribution in [-0.4, -0.2) is 26.8 Å². The van der Waals surface area contributed by atoms with Crippen molar-refractivity contribution in [2.45, 2.75) is 67.3 Å². The van der Waals surface area contributed by atoms with E-state index in [9.17, 15) is 4.79 Å². The number of nitrogen functional groups attached to an aromatic ring is 1. The van der Waals surface area contributed by atoms with E-state index in [0.717, 1.165) is 37.1 Å². The zero-order valence-electron chi connectivity index (χ0n) is 14.8. The first kappa shape index (κ1) is 17.4. The Kier molecular flexibility index (Phi) is 5.15. The van der Waals surface area contributed by atoms with E-state index >= 15 is 0 Å². The monoisotopic (exact) mass is 371 g/mol. The van der Waals surface area contributed by atoms with Crippen molar-refractivity contribution in [2.24, 2.45) is 0 Å². The zero-order chi connectivity index (χ0) is 17.9. The van der Waals surface area contributed by atoms with Gasteiger partial charge in [0, 0.05) is 12.0 Å². The molecule has 1 aromatic carbocycles. The van der Waals surface area contributed by atoms with Crippen molar-refractivity contribution in [2.75, 3.05) is 5.84 Å². The second kappa shape index (κ2) is 7.70. The third-order valence-electron chi connectivity index (χ3n) is 5.15. The SMILES string of the molecule is Nn1c(S[C@@H](C(=O)NC2CC2)c2ccccc2)nnc1C1CCCCC1. The molecule has 3 N–H and O–H groups in total. The highest BCUT2D eigenvalue weighted by molar-refractivity contribution is 8.00. The van der Waals surface area contributed by atoms with E-state index in [1.165, 1.54) is 31.0 Å². The van der Waals surface area contributed by atoms with E-state index in [1.807, 2.05) is 30.3 Å². The molecular weight excluding hydrogens is 346 g/mol. The van der Waals surface area contributed by atoms with Gasteiger partial charge in [-0.15, -0.1) is 10.2 Å². The minimum atomic E-state index is -0.373. The van der Waals surface area contributed by atoms with Gasteiger partial charge in [-0.3, -0.25) is 4.79 Å². The summed E-state index contributed by atoms with van der Waals surface area (Å²) in [5.74, 6) is 7.56. The first-order valence-corrected chi connectivity index (χ1v) is 10.3. The lowest BCUT2D eigenvalue weighted by molar-refractivity contribution is -0.120. The average molecular weight is 372 g/mol. The quantitative estimate of drug-likeness (QED) is 0.602. The summed E-state index contributed by atoms with van der Waals surface area (Å²) in [5.41, 5.74) is 0.956. The molecule has 2 saturated carbocycles. The van der Waals surface area contributed by atoms with Gasteiger partial charge < -0.3 is 11.2 Å². The van der Waals surface area contributed by atoms with Gasteiger partial charge >= 0.3 is 0 Å². The normalized spacial score (nSPS) is 19.2. The molecule has 0 saturated heterocycles. The molecular formula is C19H25N5OS. The molecule has 1 heterocycles. The van der Waals surface area contributed by atoms with Gasteiger partial charge in [0.05, 0.1) is 0 Å². The molecule has 7 heteroatoms. The lowest BCUT2D eigenvalue weighted by Gasteiger charge is -2.20. The summed E-state index contributed by atoms with van der Waals surface area (Å²) in [7, 11) is 0. The topological polar surface area (TPSA) is 85.8 Å². The van der Waals surface area contributed by atoms with Crippen LogP contribution in [0.2, 0.25) is 0 Å². The van der Waals surface area contributed by atoms with E-state index in [1.54, 1.807) is 4.68 Å². The minimum absolute atomic E-state index is 0.0194. The largest absolute Gasteiger partial charge is 0.352 e. The molecule has 0 bridgehead atoms. The van der Waals surface area contributed by atoms with Gasteiger partial charge in [0.15, 0.2) is 5.82 Å². The average Bonchev–Trinajstić information content (AvgIpc) is 3.42. The van der Waals surface area contributed by atoms with E-state index in [4.69, 9.17) is 5.84 Å². The van der Waals surface area contributed by atoms with Crippen molar-refractivity contribution in [1.29, 1.82) is 0 Å². The molecule has 0 radical (unpaired) electrons. The van der Waals surface area contributed by atoms with Gasteiger partial charge in [-0.1, -0.05) is 61.4 Å². The molecule has 0 aliphatic heterocycles. The third kappa shape index (κ3) is 3.87. The number of amides is 1. The van der Waals surface area contributed by atoms with Gasteiger partial charge in [-0.05, 0) is 31.2 Å². The van der Waals surface area contributed by atoms with E-state index in [0.29, 0.717) is 17.1 Å². The lowest BCUT2D eigenvalue weighted by atomic mass is 9.89. The number of nitrogens with one attached hydrogen (secondary N) is 1. The fourth-order valence-electron chi connectivity index (χ4n) is 3.52. The Morgan fingerprint density at radius 2 is 1.85 bits per heavy atom. The summed E-state index contributed by atoms with van der Waals surface area (Å²) < 4.78 is 1.60. The fraction of sp³-hybridized carbons (Fsp3) is 0.526. The number of thioether (sulfide) groups is 1. The third-order valence-corrected chi connectivity index (χ3v) is 6.36. The predicted octanol–water partition coefficient (Wildman–Crippen LogP) is 3.15. The molecule has 1 amide bonds. The van der Waals surface area contributed by atoms with Crippen LogP contribution in [0.25, 0.3) is 0 Å². The highest BCUT2D eigenvalue weighted by Gasteiger charge is 2.31. The van der Waals surface area contributed by atoms with Crippen molar-refractivity contribution >= 4 is 17.7 Å². The smallest absolute Gasteiger partial charge is 0.238 e. The first-order chi connectivity index (χ1) is 12.7. The summed E-state index contributed by atoms with van der Waals surface area (Å²) in [4.78, 5) is 12.8. The number of hydrogen-bond acceptors (Lipinski definition) is 5. The second-order valence-electron chi connectivity index (χ2n) is 7.24. The van der Waals surface area contributed by atoms with E-state index < -0.39 is 0 Å². The van der Waals surface area contributed by atoms with Crippen LogP contribution < -0.4 is 11.2 Å². The fourth-order valence-corrected chi connectivity index (χ4v) is 4.49. The number of rotatable bonds is 6. The lowest BCUT2D eigenvalue weighted by Crippen LogP contribution is -2.30. The van der Waals surface area contributed by atoms with E-state index in [-0.39, 0.29) is 11.2 Å². The summed E-state index contributed by atoms with van der Waals surface area (Å²) in [6.07, 6.45) is 8.09. The van der Waals surface area contributed by atoms with Crippen molar-refractivity contribution in [3.63, 3.8) is 0 Å².